The molecule has 0 aliphatic heterocycles. The number of halogens is 1. The Bertz CT molecular complexity index is 597. The third kappa shape index (κ3) is 4.74. The van der Waals surface area contributed by atoms with Crippen LogP contribution in [0, 0.1) is 11.8 Å². The summed E-state index contributed by atoms with van der Waals surface area (Å²) in [6.07, 6.45) is 7.23. The van der Waals surface area contributed by atoms with E-state index in [0.29, 0.717) is 12.5 Å². The second kappa shape index (κ2) is 6.83. The molecule has 2 rings (SSSR count). The molecule has 0 saturated heterocycles. The summed E-state index contributed by atoms with van der Waals surface area (Å²) in [5.74, 6) is 1.15. The van der Waals surface area contributed by atoms with Crippen molar-refractivity contribution in [2.75, 3.05) is 6.54 Å². The molecule has 118 valence electrons. The Morgan fingerprint density at radius 2 is 2.24 bits per heavy atom. The van der Waals surface area contributed by atoms with Gasteiger partial charge in [0.1, 0.15) is 10.6 Å². The number of carbonyl (C=O) groups excluding carboxylic acids is 1. The van der Waals surface area contributed by atoms with Gasteiger partial charge in [-0.2, -0.15) is 0 Å². The van der Waals surface area contributed by atoms with Crippen molar-refractivity contribution in [2.45, 2.75) is 43.9 Å². The highest BCUT2D eigenvalue weighted by Gasteiger charge is 2.19. The van der Waals surface area contributed by atoms with Gasteiger partial charge in [0.2, 0.25) is 0 Å². The van der Waals surface area contributed by atoms with Crippen LogP contribution in [0.2, 0.25) is 0 Å². The summed E-state index contributed by atoms with van der Waals surface area (Å²) in [7, 11) is 1.42. The average Bonchev–Trinajstić information content (AvgIpc) is 2.88. The van der Waals surface area contributed by atoms with Crippen LogP contribution >= 0.6 is 10.7 Å². The quantitative estimate of drug-likeness (QED) is 0.814. The average molecular weight is 333 g/mol. The van der Waals surface area contributed by atoms with Crippen molar-refractivity contribution in [3.8, 4) is 0 Å². The molecule has 7 heteroatoms. The molecule has 21 heavy (non-hydrogen) atoms. The van der Waals surface area contributed by atoms with Gasteiger partial charge in [-0.15, -0.1) is 0 Å². The molecule has 1 aromatic rings. The van der Waals surface area contributed by atoms with Gasteiger partial charge in [-0.3, -0.25) is 4.79 Å². The van der Waals surface area contributed by atoms with E-state index in [4.69, 9.17) is 10.7 Å². The summed E-state index contributed by atoms with van der Waals surface area (Å²) in [5.41, 5.74) is 0.214. The van der Waals surface area contributed by atoms with E-state index in [2.05, 4.69) is 17.2 Å². The minimum absolute atomic E-state index is 0.0876. The van der Waals surface area contributed by atoms with Crippen LogP contribution in [0.25, 0.3) is 0 Å². The first-order valence-corrected chi connectivity index (χ1v) is 9.58. The highest BCUT2D eigenvalue weighted by atomic mass is 35.7. The third-order valence-corrected chi connectivity index (χ3v) is 5.40. The molecule has 0 aromatic carbocycles. The lowest BCUT2D eigenvalue weighted by molar-refractivity contribution is 0.0945. The minimum Gasteiger partial charge on any atom is -0.356 e. The maximum Gasteiger partial charge on any atom is 0.267 e. The Morgan fingerprint density at radius 1 is 1.48 bits per heavy atom. The maximum atomic E-state index is 11.9. The van der Waals surface area contributed by atoms with Gasteiger partial charge in [0, 0.05) is 23.4 Å². The van der Waals surface area contributed by atoms with Gasteiger partial charge >= 0.3 is 0 Å². The number of H-pyrrole nitrogens is 1. The molecule has 1 amide bonds. The van der Waals surface area contributed by atoms with E-state index >= 15 is 0 Å². The van der Waals surface area contributed by atoms with Crippen LogP contribution in [0.15, 0.2) is 17.2 Å². The lowest BCUT2D eigenvalue weighted by atomic mass is 9.81. The molecule has 1 aromatic heterocycles. The standard InChI is InChI=1S/C14H21ClN2O3S/c1-10-3-2-4-11(7-10)5-6-16-14(18)13-8-12(9-17-13)21(15,19)20/h8-11,17H,2-7H2,1H3,(H,16,18). The van der Waals surface area contributed by atoms with Crippen LogP contribution in [-0.2, 0) is 9.05 Å². The number of rotatable bonds is 5. The zero-order valence-corrected chi connectivity index (χ0v) is 13.6. The molecule has 0 radical (unpaired) electrons. The highest BCUT2D eigenvalue weighted by molar-refractivity contribution is 8.13. The predicted octanol–water partition coefficient (Wildman–Crippen LogP) is 2.89. The summed E-state index contributed by atoms with van der Waals surface area (Å²) < 4.78 is 22.3. The van der Waals surface area contributed by atoms with E-state index in [1.54, 1.807) is 0 Å². The first-order valence-electron chi connectivity index (χ1n) is 7.27. The number of carbonyl (C=O) groups is 1. The van der Waals surface area contributed by atoms with Gasteiger partial charge in [0.25, 0.3) is 15.0 Å². The lowest BCUT2D eigenvalue weighted by Gasteiger charge is -2.26. The monoisotopic (exact) mass is 332 g/mol. The van der Waals surface area contributed by atoms with Gasteiger partial charge < -0.3 is 10.3 Å². The van der Waals surface area contributed by atoms with E-state index in [0.717, 1.165) is 12.3 Å². The number of aromatic amines is 1. The zero-order valence-electron chi connectivity index (χ0n) is 12.1. The Kier molecular flexibility index (Phi) is 5.32. The lowest BCUT2D eigenvalue weighted by Crippen LogP contribution is -2.27. The van der Waals surface area contributed by atoms with Crippen LogP contribution < -0.4 is 5.32 Å². The fourth-order valence-electron chi connectivity index (χ4n) is 2.95. The van der Waals surface area contributed by atoms with Crippen molar-refractivity contribution < 1.29 is 13.2 Å². The van der Waals surface area contributed by atoms with Gasteiger partial charge in [-0.25, -0.2) is 8.42 Å². The Balaban J connectivity index is 1.81. The number of hydrogen-bond acceptors (Lipinski definition) is 3. The van der Waals surface area contributed by atoms with Crippen LogP contribution in [-0.4, -0.2) is 25.9 Å². The third-order valence-electron chi connectivity index (χ3n) is 4.07. The second-order valence-corrected chi connectivity index (χ2v) is 8.44. The first-order chi connectivity index (χ1) is 9.86. The van der Waals surface area contributed by atoms with Gasteiger partial charge in [0.15, 0.2) is 0 Å². The van der Waals surface area contributed by atoms with Crippen LogP contribution in [0.4, 0.5) is 0 Å². The van der Waals surface area contributed by atoms with Crippen molar-refractivity contribution in [1.82, 2.24) is 10.3 Å². The summed E-state index contributed by atoms with van der Waals surface area (Å²) in [6, 6.07) is 1.25. The topological polar surface area (TPSA) is 79.0 Å². The molecule has 1 saturated carbocycles. The fraction of sp³-hybridized carbons (Fsp3) is 0.643. The number of amides is 1. The van der Waals surface area contributed by atoms with Gasteiger partial charge in [-0.05, 0) is 30.7 Å². The first kappa shape index (κ1) is 16.4. The van der Waals surface area contributed by atoms with Crippen molar-refractivity contribution in [3.05, 3.63) is 18.0 Å². The van der Waals surface area contributed by atoms with Crippen molar-refractivity contribution in [3.63, 3.8) is 0 Å². The molecule has 1 heterocycles. The molecule has 1 aliphatic carbocycles. The Hall–Kier alpha value is -1.01. The second-order valence-electron chi connectivity index (χ2n) is 5.87. The van der Waals surface area contributed by atoms with Crippen LogP contribution in [0.5, 0.6) is 0 Å². The van der Waals surface area contributed by atoms with Gasteiger partial charge in [-0.1, -0.05) is 26.2 Å². The van der Waals surface area contributed by atoms with E-state index in [-0.39, 0.29) is 16.5 Å². The molecule has 0 bridgehead atoms. The molecule has 1 fully saturated rings. The fourth-order valence-corrected chi connectivity index (χ4v) is 3.68. The van der Waals surface area contributed by atoms with E-state index in [9.17, 15) is 13.2 Å². The van der Waals surface area contributed by atoms with Crippen molar-refractivity contribution in [1.29, 1.82) is 0 Å². The maximum absolute atomic E-state index is 11.9. The van der Waals surface area contributed by atoms with E-state index < -0.39 is 9.05 Å². The molecule has 2 unspecified atom stereocenters. The molecule has 0 spiro atoms. The van der Waals surface area contributed by atoms with Crippen molar-refractivity contribution in [2.24, 2.45) is 11.8 Å². The molecular formula is C14H21ClN2O3S. The van der Waals surface area contributed by atoms with Gasteiger partial charge in [0.05, 0.1) is 0 Å². The normalized spacial score (nSPS) is 23.0. The summed E-state index contributed by atoms with van der Waals surface area (Å²) in [5, 5.41) is 2.82. The smallest absolute Gasteiger partial charge is 0.267 e. The molecule has 1 aliphatic rings. The summed E-state index contributed by atoms with van der Waals surface area (Å²) >= 11 is 0. The summed E-state index contributed by atoms with van der Waals surface area (Å²) in [4.78, 5) is 14.5. The van der Waals surface area contributed by atoms with Crippen LogP contribution in [0.1, 0.15) is 49.5 Å². The largest absolute Gasteiger partial charge is 0.356 e. The number of aromatic nitrogens is 1. The number of hydrogen-bond donors (Lipinski definition) is 2. The minimum atomic E-state index is -3.80. The Morgan fingerprint density at radius 3 is 2.86 bits per heavy atom. The highest BCUT2D eigenvalue weighted by Crippen LogP contribution is 2.30. The molecule has 2 N–H and O–H groups in total. The SMILES string of the molecule is CC1CCCC(CCNC(=O)c2cc(S(=O)(=O)Cl)c[nH]2)C1. The number of nitrogens with one attached hydrogen (secondary N) is 2. The van der Waals surface area contributed by atoms with Crippen molar-refractivity contribution >= 4 is 25.6 Å². The predicted molar refractivity (Wildman–Crippen MR) is 81.9 cm³/mol. The zero-order chi connectivity index (χ0) is 15.5. The Labute approximate surface area is 129 Å². The summed E-state index contributed by atoms with van der Waals surface area (Å²) in [6.45, 7) is 2.88. The molecule has 2 atom stereocenters. The van der Waals surface area contributed by atoms with E-state index in [1.165, 1.54) is 37.9 Å². The van der Waals surface area contributed by atoms with E-state index in [1.807, 2.05) is 0 Å². The molecule has 5 nitrogen and oxygen atoms in total. The molecular weight excluding hydrogens is 312 g/mol. The van der Waals surface area contributed by atoms with Crippen LogP contribution in [0.3, 0.4) is 0 Å².